The molecule has 4 heteroatoms. The molecule has 0 spiro atoms. The number of aromatic amines is 1. The van der Waals surface area contributed by atoms with Gasteiger partial charge in [0.2, 0.25) is 0 Å². The summed E-state index contributed by atoms with van der Waals surface area (Å²) in [6.45, 7) is 0.796. The predicted octanol–water partition coefficient (Wildman–Crippen LogP) is 2.63. The summed E-state index contributed by atoms with van der Waals surface area (Å²) in [6, 6.07) is 5.91. The minimum atomic E-state index is 0.796. The number of nitrogens with two attached hydrogens (primary N) is 1. The fourth-order valence-electron chi connectivity index (χ4n) is 2.08. The van der Waals surface area contributed by atoms with E-state index in [4.69, 9.17) is 10.5 Å². The van der Waals surface area contributed by atoms with Crippen LogP contribution in [0.25, 0.3) is 11.0 Å². The maximum atomic E-state index is 5.47. The van der Waals surface area contributed by atoms with Crippen LogP contribution in [0.2, 0.25) is 0 Å². The molecule has 0 fully saturated rings. The van der Waals surface area contributed by atoms with Gasteiger partial charge in [-0.3, -0.25) is 0 Å². The molecule has 0 unspecified atom stereocenters. The number of aryl methyl sites for hydroxylation is 1. The first-order valence-corrected chi connectivity index (χ1v) is 6.56. The van der Waals surface area contributed by atoms with Crippen molar-refractivity contribution in [3.63, 3.8) is 0 Å². The van der Waals surface area contributed by atoms with Gasteiger partial charge < -0.3 is 15.5 Å². The van der Waals surface area contributed by atoms with Crippen LogP contribution in [0, 0.1) is 0 Å². The topological polar surface area (TPSA) is 63.9 Å². The van der Waals surface area contributed by atoms with Crippen LogP contribution in [0.4, 0.5) is 0 Å². The number of nitrogens with one attached hydrogen (secondary N) is 1. The molecule has 0 bridgehead atoms. The second-order valence-electron chi connectivity index (χ2n) is 4.52. The van der Waals surface area contributed by atoms with E-state index in [1.807, 2.05) is 18.2 Å². The highest BCUT2D eigenvalue weighted by Crippen LogP contribution is 2.19. The molecule has 98 valence electrons. The highest BCUT2D eigenvalue weighted by molar-refractivity contribution is 5.76. The van der Waals surface area contributed by atoms with Crippen LogP contribution in [0.1, 0.15) is 31.5 Å². The standard InChI is InChI=1S/C14H21N3O/c1-18-11-7-8-12-13(10-11)17-14(16-12)6-4-2-3-5-9-15/h7-8,10H,2-6,9,15H2,1H3,(H,16,17). The van der Waals surface area contributed by atoms with E-state index in [0.29, 0.717) is 0 Å². The van der Waals surface area contributed by atoms with Gasteiger partial charge in [-0.05, 0) is 31.5 Å². The second-order valence-corrected chi connectivity index (χ2v) is 4.52. The number of nitrogens with zero attached hydrogens (tertiary/aromatic N) is 1. The molecule has 1 aromatic heterocycles. The predicted molar refractivity (Wildman–Crippen MR) is 73.9 cm³/mol. The van der Waals surface area contributed by atoms with Crippen LogP contribution >= 0.6 is 0 Å². The molecule has 2 aromatic rings. The molecule has 0 aliphatic carbocycles. The van der Waals surface area contributed by atoms with Crippen molar-refractivity contribution in [2.45, 2.75) is 32.1 Å². The highest BCUT2D eigenvalue weighted by Gasteiger charge is 2.03. The Morgan fingerprint density at radius 1 is 1.22 bits per heavy atom. The molecule has 3 N–H and O–H groups in total. The lowest BCUT2D eigenvalue weighted by molar-refractivity contribution is 0.415. The van der Waals surface area contributed by atoms with Crippen molar-refractivity contribution in [1.82, 2.24) is 9.97 Å². The summed E-state index contributed by atoms with van der Waals surface area (Å²) in [6.07, 6.45) is 5.72. The number of benzene rings is 1. The van der Waals surface area contributed by atoms with E-state index >= 15 is 0 Å². The smallest absolute Gasteiger partial charge is 0.121 e. The number of H-pyrrole nitrogens is 1. The van der Waals surface area contributed by atoms with E-state index < -0.39 is 0 Å². The molecule has 18 heavy (non-hydrogen) atoms. The maximum absolute atomic E-state index is 5.47. The van der Waals surface area contributed by atoms with Gasteiger partial charge in [-0.25, -0.2) is 4.98 Å². The second kappa shape index (κ2) is 6.40. The molecule has 4 nitrogen and oxygen atoms in total. The van der Waals surface area contributed by atoms with Crippen molar-refractivity contribution in [1.29, 1.82) is 0 Å². The molecule has 0 amide bonds. The fraction of sp³-hybridized carbons (Fsp3) is 0.500. The molecule has 0 aliphatic rings. The van der Waals surface area contributed by atoms with Crippen molar-refractivity contribution in [3.8, 4) is 5.75 Å². The van der Waals surface area contributed by atoms with E-state index in [9.17, 15) is 0 Å². The average Bonchev–Trinajstić information content (AvgIpc) is 2.80. The Balaban J connectivity index is 1.93. The first-order valence-electron chi connectivity index (χ1n) is 6.56. The highest BCUT2D eigenvalue weighted by atomic mass is 16.5. The zero-order valence-electron chi connectivity index (χ0n) is 10.9. The van der Waals surface area contributed by atoms with Gasteiger partial charge in [0.15, 0.2) is 0 Å². The summed E-state index contributed by atoms with van der Waals surface area (Å²) in [5, 5.41) is 0. The normalized spacial score (nSPS) is 11.0. The van der Waals surface area contributed by atoms with E-state index in [-0.39, 0.29) is 0 Å². The van der Waals surface area contributed by atoms with Crippen LogP contribution in [0.3, 0.4) is 0 Å². The third kappa shape index (κ3) is 3.23. The third-order valence-corrected chi connectivity index (χ3v) is 3.11. The number of imidazole rings is 1. The Kier molecular flexibility index (Phi) is 4.59. The molecule has 1 aromatic carbocycles. The maximum Gasteiger partial charge on any atom is 0.121 e. The van der Waals surface area contributed by atoms with E-state index in [1.165, 1.54) is 12.8 Å². The minimum Gasteiger partial charge on any atom is -0.497 e. The number of fused-ring (bicyclic) bond motifs is 1. The van der Waals surface area contributed by atoms with Gasteiger partial charge >= 0.3 is 0 Å². The van der Waals surface area contributed by atoms with Gasteiger partial charge in [0.1, 0.15) is 11.6 Å². The minimum absolute atomic E-state index is 0.796. The van der Waals surface area contributed by atoms with Crippen LogP contribution < -0.4 is 10.5 Å². The van der Waals surface area contributed by atoms with Gasteiger partial charge in [0, 0.05) is 12.5 Å². The van der Waals surface area contributed by atoms with Gasteiger partial charge in [-0.1, -0.05) is 12.8 Å². The third-order valence-electron chi connectivity index (χ3n) is 3.11. The van der Waals surface area contributed by atoms with E-state index in [1.54, 1.807) is 7.11 Å². The Bertz CT molecular complexity index is 493. The molecular formula is C14H21N3O. The molecule has 0 saturated heterocycles. The van der Waals surface area contributed by atoms with Gasteiger partial charge in [-0.15, -0.1) is 0 Å². The Morgan fingerprint density at radius 2 is 2.06 bits per heavy atom. The first kappa shape index (κ1) is 12.9. The van der Waals surface area contributed by atoms with Crippen molar-refractivity contribution >= 4 is 11.0 Å². The summed E-state index contributed by atoms with van der Waals surface area (Å²) in [5.74, 6) is 1.92. The first-order chi connectivity index (χ1) is 8.83. The average molecular weight is 247 g/mol. The van der Waals surface area contributed by atoms with Gasteiger partial charge in [0.25, 0.3) is 0 Å². The lowest BCUT2D eigenvalue weighted by Crippen LogP contribution is -1.98. The molecule has 0 saturated carbocycles. The van der Waals surface area contributed by atoms with Gasteiger partial charge in [-0.2, -0.15) is 0 Å². The van der Waals surface area contributed by atoms with E-state index in [2.05, 4.69) is 9.97 Å². The number of unbranched alkanes of at least 4 members (excludes halogenated alkanes) is 3. The molecule has 0 aliphatic heterocycles. The monoisotopic (exact) mass is 247 g/mol. The molecule has 0 atom stereocenters. The van der Waals surface area contributed by atoms with E-state index in [0.717, 1.165) is 48.4 Å². The van der Waals surface area contributed by atoms with Crippen LogP contribution in [-0.4, -0.2) is 23.6 Å². The molecule has 1 heterocycles. The summed E-state index contributed by atoms with van der Waals surface area (Å²) in [4.78, 5) is 7.92. The number of hydrogen-bond acceptors (Lipinski definition) is 3. The number of rotatable bonds is 7. The number of hydrogen-bond donors (Lipinski definition) is 2. The van der Waals surface area contributed by atoms with Crippen LogP contribution in [-0.2, 0) is 6.42 Å². The van der Waals surface area contributed by atoms with Crippen LogP contribution in [0.15, 0.2) is 18.2 Å². The van der Waals surface area contributed by atoms with Crippen molar-refractivity contribution in [2.24, 2.45) is 5.73 Å². The molecule has 0 radical (unpaired) electrons. The number of aromatic nitrogens is 2. The van der Waals surface area contributed by atoms with Crippen molar-refractivity contribution in [2.75, 3.05) is 13.7 Å². The van der Waals surface area contributed by atoms with Gasteiger partial charge in [0.05, 0.1) is 18.1 Å². The Labute approximate surface area is 108 Å². The largest absolute Gasteiger partial charge is 0.497 e. The lowest BCUT2D eigenvalue weighted by atomic mass is 10.1. The zero-order valence-corrected chi connectivity index (χ0v) is 10.9. The zero-order chi connectivity index (χ0) is 12.8. The lowest BCUT2D eigenvalue weighted by Gasteiger charge is -1.97. The number of methoxy groups -OCH3 is 1. The quantitative estimate of drug-likeness (QED) is 0.739. The van der Waals surface area contributed by atoms with Crippen molar-refractivity contribution < 1.29 is 4.74 Å². The SMILES string of the molecule is COc1ccc2nc(CCCCCCN)[nH]c2c1. The fourth-order valence-corrected chi connectivity index (χ4v) is 2.08. The Hall–Kier alpha value is -1.55. The van der Waals surface area contributed by atoms with Crippen molar-refractivity contribution in [3.05, 3.63) is 24.0 Å². The summed E-state index contributed by atoms with van der Waals surface area (Å²) in [7, 11) is 1.68. The summed E-state index contributed by atoms with van der Waals surface area (Å²) < 4.78 is 5.20. The Morgan fingerprint density at radius 3 is 2.83 bits per heavy atom. The summed E-state index contributed by atoms with van der Waals surface area (Å²) in [5.41, 5.74) is 7.52. The molecule has 2 rings (SSSR count). The molecular weight excluding hydrogens is 226 g/mol. The number of ether oxygens (including phenoxy) is 1. The van der Waals surface area contributed by atoms with Crippen LogP contribution in [0.5, 0.6) is 5.75 Å². The summed E-state index contributed by atoms with van der Waals surface area (Å²) >= 11 is 0.